The third-order valence-electron chi connectivity index (χ3n) is 5.36. The molecule has 0 aromatic carbocycles. The van der Waals surface area contributed by atoms with Crippen LogP contribution in [0.2, 0.25) is 0 Å². The average molecular weight is 326 g/mol. The topological polar surface area (TPSA) is 60.9 Å². The highest BCUT2D eigenvalue weighted by Crippen LogP contribution is 2.35. The number of piperidine rings is 1. The van der Waals surface area contributed by atoms with Crippen molar-refractivity contribution in [2.75, 3.05) is 26.7 Å². The van der Waals surface area contributed by atoms with Crippen LogP contribution in [0.3, 0.4) is 0 Å². The number of nitrogens with zero attached hydrogens (tertiary/aromatic N) is 5. The Hall–Kier alpha value is -1.79. The van der Waals surface area contributed by atoms with Gasteiger partial charge in [-0.1, -0.05) is 0 Å². The number of imidazole rings is 1. The molecule has 2 saturated heterocycles. The molecule has 0 radical (unpaired) electrons. The van der Waals surface area contributed by atoms with E-state index in [0.717, 1.165) is 29.5 Å². The minimum atomic E-state index is 0.354. The van der Waals surface area contributed by atoms with Crippen molar-refractivity contribution in [2.24, 2.45) is 0 Å². The first-order valence-electron chi connectivity index (χ1n) is 9.00. The molecule has 0 bridgehead atoms. The van der Waals surface area contributed by atoms with Gasteiger partial charge in [-0.05, 0) is 65.4 Å². The zero-order valence-electron chi connectivity index (χ0n) is 14.6. The van der Waals surface area contributed by atoms with E-state index in [2.05, 4.69) is 26.8 Å². The molecule has 0 amide bonds. The molecule has 0 saturated carbocycles. The second-order valence-electron chi connectivity index (χ2n) is 7.12. The van der Waals surface area contributed by atoms with Gasteiger partial charge in [0.25, 0.3) is 0 Å². The zero-order valence-corrected chi connectivity index (χ0v) is 14.6. The van der Waals surface area contributed by atoms with Crippen LogP contribution in [-0.4, -0.2) is 62.5 Å². The lowest BCUT2D eigenvalue weighted by atomic mass is 10.0. The fourth-order valence-electron chi connectivity index (χ4n) is 4.10. The Morgan fingerprint density at radius 1 is 1.12 bits per heavy atom. The third kappa shape index (κ3) is 3.08. The van der Waals surface area contributed by atoms with E-state index in [9.17, 15) is 0 Å². The summed E-state index contributed by atoms with van der Waals surface area (Å²) in [6, 6.07) is 3.04. The van der Waals surface area contributed by atoms with E-state index in [1.807, 2.05) is 19.2 Å². The van der Waals surface area contributed by atoms with E-state index in [0.29, 0.717) is 12.1 Å². The van der Waals surface area contributed by atoms with Gasteiger partial charge in [0.2, 0.25) is 0 Å². The first-order chi connectivity index (χ1) is 11.7. The molecular formula is C18H26N6. The second kappa shape index (κ2) is 6.61. The Morgan fingerprint density at radius 2 is 1.96 bits per heavy atom. The molecule has 1 atom stereocenters. The summed E-state index contributed by atoms with van der Waals surface area (Å²) >= 11 is 0. The number of likely N-dealkylation sites (tertiary alicyclic amines) is 2. The second-order valence-corrected chi connectivity index (χ2v) is 7.12. The Morgan fingerprint density at radius 3 is 2.71 bits per heavy atom. The van der Waals surface area contributed by atoms with Gasteiger partial charge >= 0.3 is 0 Å². The van der Waals surface area contributed by atoms with Crippen LogP contribution in [0.15, 0.2) is 18.5 Å². The van der Waals surface area contributed by atoms with Gasteiger partial charge in [-0.15, -0.1) is 0 Å². The summed E-state index contributed by atoms with van der Waals surface area (Å²) in [6.45, 7) is 5.61. The minimum Gasteiger partial charge on any atom is -0.343 e. The standard InChI is InChI=1S/C18H26N6/c1-13-12-15(17-19-7-8-20-17)22-18(21-13)16-4-3-9-24(16)14-5-10-23(2)11-6-14/h7-8,12,14,16H,3-6,9-11H2,1-2H3,(H,19,20). The van der Waals surface area contributed by atoms with Crippen molar-refractivity contribution in [3.05, 3.63) is 30.0 Å². The molecule has 1 N–H and O–H groups in total. The monoisotopic (exact) mass is 326 g/mol. The summed E-state index contributed by atoms with van der Waals surface area (Å²) < 4.78 is 0. The molecule has 24 heavy (non-hydrogen) atoms. The van der Waals surface area contributed by atoms with Crippen molar-refractivity contribution in [3.63, 3.8) is 0 Å². The predicted molar refractivity (Wildman–Crippen MR) is 93.6 cm³/mol. The number of rotatable bonds is 3. The van der Waals surface area contributed by atoms with Crippen LogP contribution in [0, 0.1) is 6.92 Å². The molecule has 0 aliphatic carbocycles. The van der Waals surface area contributed by atoms with Crippen LogP contribution in [0.5, 0.6) is 0 Å². The van der Waals surface area contributed by atoms with Crippen molar-refractivity contribution in [2.45, 2.75) is 44.7 Å². The van der Waals surface area contributed by atoms with E-state index >= 15 is 0 Å². The van der Waals surface area contributed by atoms with E-state index in [-0.39, 0.29) is 0 Å². The molecule has 0 spiro atoms. The van der Waals surface area contributed by atoms with Gasteiger partial charge < -0.3 is 9.88 Å². The Kier molecular flexibility index (Phi) is 4.33. The largest absolute Gasteiger partial charge is 0.343 e. The number of hydrogen-bond donors (Lipinski definition) is 1. The Balaban J connectivity index is 1.60. The summed E-state index contributed by atoms with van der Waals surface area (Å²) in [4.78, 5) is 22.2. The van der Waals surface area contributed by atoms with Gasteiger partial charge in [0, 0.05) is 24.1 Å². The molecule has 2 aromatic rings. The van der Waals surface area contributed by atoms with Gasteiger partial charge in [-0.3, -0.25) is 4.90 Å². The summed E-state index contributed by atoms with van der Waals surface area (Å²) in [5, 5.41) is 0. The molecule has 2 fully saturated rings. The van der Waals surface area contributed by atoms with Crippen LogP contribution < -0.4 is 0 Å². The predicted octanol–water partition coefficient (Wildman–Crippen LogP) is 2.41. The summed E-state index contributed by atoms with van der Waals surface area (Å²) in [6.07, 6.45) is 8.52. The highest BCUT2D eigenvalue weighted by Gasteiger charge is 2.35. The van der Waals surface area contributed by atoms with Crippen molar-refractivity contribution in [1.29, 1.82) is 0 Å². The van der Waals surface area contributed by atoms with Gasteiger partial charge in [0.1, 0.15) is 11.5 Å². The highest BCUT2D eigenvalue weighted by molar-refractivity contribution is 5.49. The van der Waals surface area contributed by atoms with Crippen molar-refractivity contribution in [1.82, 2.24) is 29.7 Å². The lowest BCUT2D eigenvalue weighted by molar-refractivity contribution is 0.107. The maximum atomic E-state index is 4.86. The molecule has 2 aliphatic heterocycles. The summed E-state index contributed by atoms with van der Waals surface area (Å²) in [5.41, 5.74) is 1.92. The molecule has 2 aromatic heterocycles. The van der Waals surface area contributed by atoms with E-state index in [1.54, 1.807) is 6.20 Å². The van der Waals surface area contributed by atoms with Crippen LogP contribution in [0.25, 0.3) is 11.5 Å². The van der Waals surface area contributed by atoms with Crippen LogP contribution >= 0.6 is 0 Å². The lowest BCUT2D eigenvalue weighted by Crippen LogP contribution is -2.43. The molecule has 4 heterocycles. The van der Waals surface area contributed by atoms with Gasteiger partial charge in [0.05, 0.1) is 6.04 Å². The minimum absolute atomic E-state index is 0.354. The lowest BCUT2D eigenvalue weighted by Gasteiger charge is -2.37. The summed E-state index contributed by atoms with van der Waals surface area (Å²) in [5.74, 6) is 1.79. The van der Waals surface area contributed by atoms with Crippen LogP contribution in [0.1, 0.15) is 43.2 Å². The highest BCUT2D eigenvalue weighted by atomic mass is 15.2. The van der Waals surface area contributed by atoms with E-state index < -0.39 is 0 Å². The van der Waals surface area contributed by atoms with Crippen LogP contribution in [-0.2, 0) is 0 Å². The van der Waals surface area contributed by atoms with Crippen molar-refractivity contribution in [3.8, 4) is 11.5 Å². The number of aromatic nitrogens is 4. The van der Waals surface area contributed by atoms with Gasteiger partial charge in [-0.25, -0.2) is 15.0 Å². The van der Waals surface area contributed by atoms with Crippen molar-refractivity contribution >= 4 is 0 Å². The molecule has 2 aliphatic rings. The normalized spacial score (nSPS) is 23.8. The quantitative estimate of drug-likeness (QED) is 0.938. The summed E-state index contributed by atoms with van der Waals surface area (Å²) in [7, 11) is 2.22. The SMILES string of the molecule is Cc1cc(-c2ncc[nH]2)nc(C2CCCN2C2CCN(C)CC2)n1. The third-order valence-corrected chi connectivity index (χ3v) is 5.36. The Labute approximate surface area is 143 Å². The maximum absolute atomic E-state index is 4.86. The van der Waals surface area contributed by atoms with E-state index in [4.69, 9.17) is 9.97 Å². The van der Waals surface area contributed by atoms with Crippen molar-refractivity contribution < 1.29 is 0 Å². The molecule has 1 unspecified atom stereocenters. The smallest absolute Gasteiger partial charge is 0.156 e. The molecule has 6 nitrogen and oxygen atoms in total. The Bertz CT molecular complexity index is 675. The molecule has 6 heteroatoms. The van der Waals surface area contributed by atoms with Crippen LogP contribution in [0.4, 0.5) is 0 Å². The van der Waals surface area contributed by atoms with E-state index in [1.165, 1.54) is 38.9 Å². The first-order valence-corrected chi connectivity index (χ1v) is 9.00. The average Bonchev–Trinajstić information content (AvgIpc) is 3.27. The molecule has 128 valence electrons. The maximum Gasteiger partial charge on any atom is 0.156 e. The van der Waals surface area contributed by atoms with Gasteiger partial charge in [0.15, 0.2) is 5.82 Å². The number of H-pyrrole nitrogens is 1. The number of nitrogens with one attached hydrogen (secondary N) is 1. The first kappa shape index (κ1) is 15.7. The fraction of sp³-hybridized carbons (Fsp3) is 0.611. The molecular weight excluding hydrogens is 300 g/mol. The molecule has 4 rings (SSSR count). The zero-order chi connectivity index (χ0) is 16.5. The fourth-order valence-corrected chi connectivity index (χ4v) is 4.10. The number of hydrogen-bond acceptors (Lipinski definition) is 5. The van der Waals surface area contributed by atoms with Gasteiger partial charge in [-0.2, -0.15) is 0 Å². The number of aromatic amines is 1. The number of aryl methyl sites for hydroxylation is 1.